The number of anilines is 1. The van der Waals surface area contributed by atoms with Crippen molar-refractivity contribution in [1.29, 1.82) is 0 Å². The van der Waals surface area contributed by atoms with Crippen LogP contribution in [0.2, 0.25) is 0 Å². The van der Waals surface area contributed by atoms with Crippen molar-refractivity contribution in [2.45, 2.75) is 6.17 Å². The van der Waals surface area contributed by atoms with Crippen LogP contribution in [-0.4, -0.2) is 6.21 Å². The standard InChI is InChI=1S/C22H17BrN2/c23-19-12-7-13-20(16-19)25-21(17-8-3-1-4-9-17)14-15-24-22(25)18-10-5-2-6-11-18/h1-16,22H. The molecule has 0 fully saturated rings. The monoisotopic (exact) mass is 388 g/mol. The van der Waals surface area contributed by atoms with Crippen molar-refractivity contribution in [3.8, 4) is 0 Å². The number of allylic oxidation sites excluding steroid dienone is 1. The average molecular weight is 389 g/mol. The van der Waals surface area contributed by atoms with Crippen molar-refractivity contribution in [1.82, 2.24) is 0 Å². The Morgan fingerprint density at radius 2 is 1.52 bits per heavy atom. The third kappa shape index (κ3) is 3.28. The summed E-state index contributed by atoms with van der Waals surface area (Å²) in [4.78, 5) is 7.06. The molecule has 3 heteroatoms. The van der Waals surface area contributed by atoms with E-state index < -0.39 is 0 Å². The van der Waals surface area contributed by atoms with Crippen molar-refractivity contribution in [3.05, 3.63) is 107 Å². The predicted molar refractivity (Wildman–Crippen MR) is 109 cm³/mol. The van der Waals surface area contributed by atoms with Gasteiger partial charge < -0.3 is 4.90 Å². The van der Waals surface area contributed by atoms with E-state index in [1.54, 1.807) is 0 Å². The Hall–Kier alpha value is -2.65. The zero-order chi connectivity index (χ0) is 17.1. The van der Waals surface area contributed by atoms with Crippen LogP contribution in [-0.2, 0) is 0 Å². The third-order valence-corrected chi connectivity index (χ3v) is 4.71. The van der Waals surface area contributed by atoms with E-state index in [2.05, 4.69) is 93.6 Å². The Balaban J connectivity index is 1.86. The molecular formula is C22H17BrN2. The highest BCUT2D eigenvalue weighted by atomic mass is 79.9. The van der Waals surface area contributed by atoms with Gasteiger partial charge in [0.05, 0.1) is 5.70 Å². The van der Waals surface area contributed by atoms with Gasteiger partial charge in [-0.3, -0.25) is 4.99 Å². The summed E-state index contributed by atoms with van der Waals surface area (Å²) in [6.45, 7) is 0. The number of nitrogens with zero attached hydrogens (tertiary/aromatic N) is 2. The lowest BCUT2D eigenvalue weighted by Crippen LogP contribution is -2.28. The predicted octanol–water partition coefficient (Wildman–Crippen LogP) is 6.08. The van der Waals surface area contributed by atoms with Crippen LogP contribution in [0.5, 0.6) is 0 Å². The summed E-state index contributed by atoms with van der Waals surface area (Å²) in [7, 11) is 0. The fraction of sp³-hybridized carbons (Fsp3) is 0.0455. The molecule has 1 heterocycles. The van der Waals surface area contributed by atoms with Crippen LogP contribution >= 0.6 is 15.9 Å². The topological polar surface area (TPSA) is 15.6 Å². The molecule has 1 aliphatic rings. The molecule has 0 aliphatic carbocycles. The molecule has 1 atom stereocenters. The van der Waals surface area contributed by atoms with Crippen molar-refractivity contribution in [2.24, 2.45) is 4.99 Å². The molecule has 3 aromatic rings. The number of benzene rings is 3. The smallest absolute Gasteiger partial charge is 0.151 e. The van der Waals surface area contributed by atoms with Gasteiger partial charge in [0, 0.05) is 16.4 Å². The first-order valence-electron chi connectivity index (χ1n) is 8.21. The van der Waals surface area contributed by atoms with Gasteiger partial charge in [0.2, 0.25) is 0 Å². The normalized spacial score (nSPS) is 16.6. The first-order chi connectivity index (χ1) is 12.3. The summed E-state index contributed by atoms with van der Waals surface area (Å²) in [5.74, 6) is 0. The first kappa shape index (κ1) is 15.9. The Bertz CT molecular complexity index is 917. The lowest BCUT2D eigenvalue weighted by Gasteiger charge is -2.35. The number of rotatable bonds is 3. The maximum Gasteiger partial charge on any atom is 0.151 e. The molecule has 0 bridgehead atoms. The zero-order valence-electron chi connectivity index (χ0n) is 13.6. The highest BCUT2D eigenvalue weighted by Crippen LogP contribution is 2.38. The lowest BCUT2D eigenvalue weighted by atomic mass is 10.0. The van der Waals surface area contributed by atoms with E-state index in [9.17, 15) is 0 Å². The first-order valence-corrected chi connectivity index (χ1v) is 9.01. The summed E-state index contributed by atoms with van der Waals surface area (Å²) in [6, 6.07) is 29.2. The van der Waals surface area contributed by atoms with Crippen molar-refractivity contribution < 1.29 is 0 Å². The summed E-state index contributed by atoms with van der Waals surface area (Å²) >= 11 is 3.60. The van der Waals surface area contributed by atoms with Crippen molar-refractivity contribution >= 4 is 33.5 Å². The van der Waals surface area contributed by atoms with Crippen LogP contribution in [0.25, 0.3) is 5.70 Å². The van der Waals surface area contributed by atoms with E-state index in [0.29, 0.717) is 0 Å². The molecule has 0 N–H and O–H groups in total. The molecule has 2 nitrogen and oxygen atoms in total. The molecule has 1 aliphatic heterocycles. The van der Waals surface area contributed by atoms with Crippen LogP contribution < -0.4 is 4.90 Å². The quantitative estimate of drug-likeness (QED) is 0.530. The lowest BCUT2D eigenvalue weighted by molar-refractivity contribution is 0.741. The minimum absolute atomic E-state index is 0.0873. The largest absolute Gasteiger partial charge is 0.314 e. The molecule has 122 valence electrons. The van der Waals surface area contributed by atoms with Crippen LogP contribution in [0, 0.1) is 0 Å². The van der Waals surface area contributed by atoms with Crippen LogP contribution in [0.1, 0.15) is 17.3 Å². The Morgan fingerprint density at radius 1 is 0.800 bits per heavy atom. The SMILES string of the molecule is Brc1cccc(N2C(c3ccccc3)=CC=NC2c2ccccc2)c1. The number of hydrogen-bond acceptors (Lipinski definition) is 2. The summed E-state index contributed by atoms with van der Waals surface area (Å²) < 4.78 is 1.05. The summed E-state index contributed by atoms with van der Waals surface area (Å²) in [5.41, 5.74) is 4.59. The zero-order valence-corrected chi connectivity index (χ0v) is 15.2. The molecule has 1 unspecified atom stereocenters. The van der Waals surface area contributed by atoms with Gasteiger partial charge in [-0.25, -0.2) is 0 Å². The summed E-state index contributed by atoms with van der Waals surface area (Å²) in [5, 5.41) is 0. The maximum absolute atomic E-state index is 4.77. The second-order valence-corrected chi connectivity index (χ2v) is 6.77. The minimum atomic E-state index is -0.0873. The van der Waals surface area contributed by atoms with Crippen LogP contribution in [0.3, 0.4) is 0 Å². The Kier molecular flexibility index (Phi) is 4.49. The molecule has 25 heavy (non-hydrogen) atoms. The molecule has 0 radical (unpaired) electrons. The van der Waals surface area contributed by atoms with Gasteiger partial charge in [-0.2, -0.15) is 0 Å². The molecule has 3 aromatic carbocycles. The van der Waals surface area contributed by atoms with Crippen LogP contribution in [0.15, 0.2) is 100 Å². The molecular weight excluding hydrogens is 372 g/mol. The van der Waals surface area contributed by atoms with E-state index in [0.717, 1.165) is 15.9 Å². The average Bonchev–Trinajstić information content (AvgIpc) is 2.69. The van der Waals surface area contributed by atoms with Gasteiger partial charge in [0.1, 0.15) is 0 Å². The Labute approximate surface area is 156 Å². The van der Waals surface area contributed by atoms with Gasteiger partial charge in [-0.05, 0) is 35.4 Å². The fourth-order valence-corrected chi connectivity index (χ4v) is 3.47. The number of halogens is 1. The molecule has 0 amide bonds. The van der Waals surface area contributed by atoms with E-state index in [1.807, 2.05) is 24.4 Å². The minimum Gasteiger partial charge on any atom is -0.314 e. The third-order valence-electron chi connectivity index (χ3n) is 4.22. The highest BCUT2D eigenvalue weighted by molar-refractivity contribution is 9.10. The second-order valence-electron chi connectivity index (χ2n) is 5.85. The molecule has 0 aromatic heterocycles. The molecule has 0 saturated carbocycles. The van der Waals surface area contributed by atoms with E-state index in [-0.39, 0.29) is 6.17 Å². The van der Waals surface area contributed by atoms with E-state index in [4.69, 9.17) is 4.99 Å². The van der Waals surface area contributed by atoms with Gasteiger partial charge in [-0.15, -0.1) is 0 Å². The maximum atomic E-state index is 4.77. The number of hydrogen-bond donors (Lipinski definition) is 0. The van der Waals surface area contributed by atoms with Gasteiger partial charge in [0.25, 0.3) is 0 Å². The van der Waals surface area contributed by atoms with Crippen LogP contribution in [0.4, 0.5) is 5.69 Å². The van der Waals surface area contributed by atoms with E-state index >= 15 is 0 Å². The molecule has 0 spiro atoms. The van der Waals surface area contributed by atoms with Gasteiger partial charge >= 0.3 is 0 Å². The highest BCUT2D eigenvalue weighted by Gasteiger charge is 2.26. The van der Waals surface area contributed by atoms with Gasteiger partial charge in [-0.1, -0.05) is 82.7 Å². The molecule has 0 saturated heterocycles. The molecule has 4 rings (SSSR count). The Morgan fingerprint density at radius 3 is 2.24 bits per heavy atom. The van der Waals surface area contributed by atoms with E-state index in [1.165, 1.54) is 11.1 Å². The summed E-state index contributed by atoms with van der Waals surface area (Å²) in [6.07, 6.45) is 3.90. The van der Waals surface area contributed by atoms with Crippen molar-refractivity contribution in [2.75, 3.05) is 4.90 Å². The number of aliphatic imine (C=N–C) groups is 1. The fourth-order valence-electron chi connectivity index (χ4n) is 3.08. The van der Waals surface area contributed by atoms with Crippen molar-refractivity contribution in [3.63, 3.8) is 0 Å². The van der Waals surface area contributed by atoms with Gasteiger partial charge in [0.15, 0.2) is 6.17 Å². The second kappa shape index (κ2) is 7.08.